The summed E-state index contributed by atoms with van der Waals surface area (Å²) in [6.07, 6.45) is 0.729. The monoisotopic (exact) mass is 289 g/mol. The van der Waals surface area contributed by atoms with Gasteiger partial charge in [-0.25, -0.2) is 0 Å². The second kappa shape index (κ2) is 4.85. The minimum atomic E-state index is -3.13. The Balaban J connectivity index is 2.10. The smallest absolute Gasteiger partial charge is 0.269 e. The van der Waals surface area contributed by atoms with Crippen molar-refractivity contribution in [1.29, 1.82) is 0 Å². The highest BCUT2D eigenvalue weighted by molar-refractivity contribution is 7.74. The summed E-state index contributed by atoms with van der Waals surface area (Å²) in [5.41, 5.74) is 0.992. The molecule has 0 aliphatic carbocycles. The zero-order valence-corrected chi connectivity index (χ0v) is 11.5. The first-order chi connectivity index (χ1) is 9.61. The van der Waals surface area contributed by atoms with Gasteiger partial charge in [0.15, 0.2) is 0 Å². The summed E-state index contributed by atoms with van der Waals surface area (Å²) in [4.78, 5) is 10.2. The van der Waals surface area contributed by atoms with Gasteiger partial charge in [0.2, 0.25) is 0 Å². The minimum Gasteiger partial charge on any atom is -0.322 e. The van der Waals surface area contributed by atoms with Crippen molar-refractivity contribution in [3.8, 4) is 0 Å². The molecule has 0 saturated carbocycles. The number of hydrogen-bond donors (Lipinski definition) is 0. The number of nitro groups is 1. The second-order valence-electron chi connectivity index (χ2n) is 4.54. The Bertz CT molecular complexity index is 711. The zero-order valence-electron chi connectivity index (χ0n) is 10.6. The minimum absolute atomic E-state index is 0.0226. The zero-order chi connectivity index (χ0) is 14.2. The van der Waals surface area contributed by atoms with Crippen molar-refractivity contribution in [3.63, 3.8) is 0 Å². The van der Waals surface area contributed by atoms with Crippen LogP contribution in [0, 0.1) is 10.1 Å². The lowest BCUT2D eigenvalue weighted by Crippen LogP contribution is -2.26. The lowest BCUT2D eigenvalue weighted by Gasteiger charge is -2.26. The van der Waals surface area contributed by atoms with E-state index >= 15 is 0 Å². The summed E-state index contributed by atoms with van der Waals surface area (Å²) in [5, 5.41) is 11.9. The average molecular weight is 289 g/mol. The van der Waals surface area contributed by atoms with Crippen LogP contribution in [0.15, 0.2) is 48.5 Å². The molecule has 1 aliphatic heterocycles. The molecule has 20 heavy (non-hydrogen) atoms. The van der Waals surface area contributed by atoms with Crippen LogP contribution < -0.4 is 10.6 Å². The summed E-state index contributed by atoms with van der Waals surface area (Å²) < 4.78 is 18.7. The summed E-state index contributed by atoms with van der Waals surface area (Å²) in [7, 11) is -3.13. The van der Waals surface area contributed by atoms with Crippen LogP contribution in [0.1, 0.15) is 5.56 Å². The highest BCUT2D eigenvalue weighted by Gasteiger charge is 2.34. The van der Waals surface area contributed by atoms with Gasteiger partial charge in [-0.3, -0.25) is 14.7 Å². The lowest BCUT2D eigenvalue weighted by atomic mass is 10.2. The van der Waals surface area contributed by atoms with Crippen LogP contribution in [0.4, 0.5) is 5.69 Å². The van der Waals surface area contributed by atoms with E-state index in [1.54, 1.807) is 6.07 Å². The Morgan fingerprint density at radius 2 is 1.80 bits per heavy atom. The normalized spacial score (nSPS) is 21.2. The molecule has 0 radical (unpaired) electrons. The largest absolute Gasteiger partial charge is 0.322 e. The van der Waals surface area contributed by atoms with Crippen LogP contribution in [0.2, 0.25) is 0 Å². The highest BCUT2D eigenvalue weighted by atomic mass is 31.2. The van der Waals surface area contributed by atoms with Crippen LogP contribution in [0.3, 0.4) is 0 Å². The third-order valence-corrected chi connectivity index (χ3v) is 5.95. The van der Waals surface area contributed by atoms with E-state index in [0.717, 1.165) is 12.0 Å². The fraction of sp³-hybridized carbons (Fsp3) is 0.143. The molecule has 2 aromatic rings. The number of hydrogen-bond acceptors (Lipinski definition) is 4. The van der Waals surface area contributed by atoms with Gasteiger partial charge in [-0.1, -0.05) is 18.2 Å². The second-order valence-corrected chi connectivity index (χ2v) is 6.90. The molecule has 1 heterocycles. The molecule has 0 fully saturated rings. The Hall–Kier alpha value is -1.97. The topological polar surface area (TPSA) is 69.4 Å². The predicted octanol–water partition coefficient (Wildman–Crippen LogP) is 2.40. The molecule has 0 N–H and O–H groups in total. The van der Waals surface area contributed by atoms with Crippen LogP contribution in [0.25, 0.3) is 0 Å². The molecule has 0 unspecified atom stereocenters. The van der Waals surface area contributed by atoms with E-state index in [1.807, 2.05) is 18.2 Å². The van der Waals surface area contributed by atoms with E-state index in [4.69, 9.17) is 4.52 Å². The molecule has 0 saturated heterocycles. The Kier molecular flexibility index (Phi) is 3.16. The number of fused-ring (bicyclic) bond motifs is 1. The molecule has 0 bridgehead atoms. The van der Waals surface area contributed by atoms with Gasteiger partial charge in [0, 0.05) is 22.7 Å². The third kappa shape index (κ3) is 2.05. The number of benzene rings is 2. The molecule has 102 valence electrons. The fourth-order valence-corrected chi connectivity index (χ4v) is 4.65. The van der Waals surface area contributed by atoms with Crippen molar-refractivity contribution in [2.24, 2.45) is 0 Å². The van der Waals surface area contributed by atoms with Gasteiger partial charge in [0.1, 0.15) is 0 Å². The SMILES string of the molecule is O=[N+]([O-])c1ccc([P@@]2(=O)OCCc3ccccc32)cc1. The molecule has 0 aromatic heterocycles. The van der Waals surface area contributed by atoms with Gasteiger partial charge in [-0.2, -0.15) is 0 Å². The van der Waals surface area contributed by atoms with Crippen LogP contribution >= 0.6 is 7.37 Å². The van der Waals surface area contributed by atoms with Gasteiger partial charge in [-0.05, 0) is 30.2 Å². The molecule has 1 aliphatic rings. The maximum Gasteiger partial charge on any atom is 0.269 e. The molecule has 2 aromatic carbocycles. The van der Waals surface area contributed by atoms with E-state index in [9.17, 15) is 14.7 Å². The number of nitro benzene ring substituents is 1. The lowest BCUT2D eigenvalue weighted by molar-refractivity contribution is -0.384. The van der Waals surface area contributed by atoms with Gasteiger partial charge >= 0.3 is 0 Å². The van der Waals surface area contributed by atoms with Crippen molar-refractivity contribution in [1.82, 2.24) is 0 Å². The van der Waals surface area contributed by atoms with Crippen LogP contribution in [-0.4, -0.2) is 11.5 Å². The van der Waals surface area contributed by atoms with Gasteiger partial charge in [0.05, 0.1) is 11.5 Å². The van der Waals surface area contributed by atoms with Crippen molar-refractivity contribution in [3.05, 3.63) is 64.2 Å². The predicted molar refractivity (Wildman–Crippen MR) is 76.1 cm³/mol. The molecule has 1 atom stereocenters. The number of rotatable bonds is 2. The Morgan fingerprint density at radius 1 is 1.10 bits per heavy atom. The first-order valence-corrected chi connectivity index (χ1v) is 7.82. The first-order valence-electron chi connectivity index (χ1n) is 6.19. The molecule has 0 amide bonds. The molecular formula is C14H12NO4P. The quantitative estimate of drug-likeness (QED) is 0.483. The summed E-state index contributed by atoms with van der Waals surface area (Å²) >= 11 is 0. The van der Waals surface area contributed by atoms with Crippen molar-refractivity contribution in [2.45, 2.75) is 6.42 Å². The number of nitrogens with zero attached hydrogens (tertiary/aromatic N) is 1. The van der Waals surface area contributed by atoms with E-state index < -0.39 is 12.3 Å². The van der Waals surface area contributed by atoms with Crippen LogP contribution in [-0.2, 0) is 15.5 Å². The molecule has 5 nitrogen and oxygen atoms in total. The van der Waals surface area contributed by atoms with Gasteiger partial charge in [-0.15, -0.1) is 0 Å². The van der Waals surface area contributed by atoms with E-state index in [1.165, 1.54) is 24.3 Å². The van der Waals surface area contributed by atoms with E-state index in [0.29, 0.717) is 17.2 Å². The summed E-state index contributed by atoms with van der Waals surface area (Å²) in [6, 6.07) is 13.2. The summed E-state index contributed by atoms with van der Waals surface area (Å²) in [6.45, 7) is 0.394. The standard InChI is InChI=1S/C14H12NO4P/c16-15(17)12-5-7-13(8-6-12)20(18)14-4-2-1-3-11(14)9-10-19-20/h1-8H,9-10H2/t20-/m1/s1. The highest BCUT2D eigenvalue weighted by Crippen LogP contribution is 2.48. The summed E-state index contributed by atoms with van der Waals surface area (Å²) in [5.74, 6) is 0. The number of non-ortho nitro benzene ring substituents is 1. The Morgan fingerprint density at radius 3 is 2.50 bits per heavy atom. The van der Waals surface area contributed by atoms with E-state index in [-0.39, 0.29) is 5.69 Å². The Labute approximate surface area is 115 Å². The average Bonchev–Trinajstić information content (AvgIpc) is 2.48. The maximum atomic E-state index is 13.1. The van der Waals surface area contributed by atoms with Gasteiger partial charge < -0.3 is 4.52 Å². The molecule has 0 spiro atoms. The molecular weight excluding hydrogens is 277 g/mol. The van der Waals surface area contributed by atoms with Crippen LogP contribution in [0.5, 0.6) is 0 Å². The van der Waals surface area contributed by atoms with Crippen molar-refractivity contribution < 1.29 is 14.0 Å². The first kappa shape index (κ1) is 13.0. The van der Waals surface area contributed by atoms with Gasteiger partial charge in [0.25, 0.3) is 13.1 Å². The van der Waals surface area contributed by atoms with Crippen molar-refractivity contribution >= 4 is 23.7 Å². The van der Waals surface area contributed by atoms with E-state index in [2.05, 4.69) is 0 Å². The van der Waals surface area contributed by atoms with Crippen molar-refractivity contribution in [2.75, 3.05) is 6.61 Å². The molecule has 6 heteroatoms. The third-order valence-electron chi connectivity index (χ3n) is 3.35. The maximum absolute atomic E-state index is 13.1. The molecule has 3 rings (SSSR count). The fourth-order valence-electron chi connectivity index (χ4n) is 2.35.